The van der Waals surface area contributed by atoms with Crippen molar-refractivity contribution in [3.05, 3.63) is 230 Å². The van der Waals surface area contributed by atoms with E-state index >= 15 is 0 Å². The highest BCUT2D eigenvalue weighted by atomic mass is 15.1. The van der Waals surface area contributed by atoms with Crippen LogP contribution < -0.4 is 9.47 Å². The number of hydrogen-bond acceptors (Lipinski definition) is 1. The molecule has 1 heterocycles. The summed E-state index contributed by atoms with van der Waals surface area (Å²) in [6, 6.07) is 12.9. The van der Waals surface area contributed by atoms with Gasteiger partial charge in [0.05, 0.1) is 0 Å². The van der Waals surface area contributed by atoms with Gasteiger partial charge in [-0.25, -0.2) is 4.57 Å². The summed E-state index contributed by atoms with van der Waals surface area (Å²) in [4.78, 5) is 2.10. The molecule has 1 aromatic heterocycles. The zero-order valence-electron chi connectivity index (χ0n) is 39.4. The van der Waals surface area contributed by atoms with Crippen molar-refractivity contribution in [2.45, 2.75) is 116 Å². The molecule has 0 amide bonds. The van der Waals surface area contributed by atoms with E-state index in [0.717, 1.165) is 6.54 Å². The topological polar surface area (TPSA) is 7.12 Å². The van der Waals surface area contributed by atoms with Crippen LogP contribution in [0.4, 0.5) is 5.69 Å². The third kappa shape index (κ3) is 34.5. The summed E-state index contributed by atoms with van der Waals surface area (Å²) in [6.45, 7) is 3.41. The largest absolute Gasteiger partial charge is 0.378 e. The van der Waals surface area contributed by atoms with Crippen LogP contribution in [0.1, 0.15) is 121 Å². The Balaban J connectivity index is 1.45. The van der Waals surface area contributed by atoms with Gasteiger partial charge in [0, 0.05) is 38.3 Å². The summed E-state index contributed by atoms with van der Waals surface area (Å²) < 4.78 is 2.32. The van der Waals surface area contributed by atoms with Crippen molar-refractivity contribution in [3.63, 3.8) is 0 Å². The predicted molar refractivity (Wildman–Crippen MR) is 284 cm³/mol. The summed E-state index contributed by atoms with van der Waals surface area (Å²) in [5.41, 5.74) is 3.62. The van der Waals surface area contributed by atoms with E-state index in [4.69, 9.17) is 0 Å². The van der Waals surface area contributed by atoms with Crippen LogP contribution in [0.2, 0.25) is 0 Å². The molecule has 0 atom stereocenters. The van der Waals surface area contributed by atoms with Gasteiger partial charge in [-0.3, -0.25) is 0 Å². The highest BCUT2D eigenvalue weighted by Gasteiger charge is 2.00. The van der Waals surface area contributed by atoms with E-state index in [1.165, 1.54) is 120 Å². The van der Waals surface area contributed by atoms with E-state index in [9.17, 15) is 0 Å². The smallest absolute Gasteiger partial charge is 0.169 e. The summed E-state index contributed by atoms with van der Waals surface area (Å²) >= 11 is 0. The molecule has 0 spiro atoms. The first-order chi connectivity index (χ1) is 31.2. The molecule has 0 radical (unpaired) electrons. The van der Waals surface area contributed by atoms with E-state index < -0.39 is 0 Å². The van der Waals surface area contributed by atoms with E-state index in [1.807, 2.05) is 146 Å². The second-order valence-electron chi connectivity index (χ2n) is 15.9. The van der Waals surface area contributed by atoms with Crippen molar-refractivity contribution in [3.8, 4) is 0 Å². The van der Waals surface area contributed by atoms with Gasteiger partial charge in [0.15, 0.2) is 12.4 Å². The van der Waals surface area contributed by atoms with Crippen molar-refractivity contribution in [1.29, 1.82) is 0 Å². The molecule has 0 aliphatic rings. The second kappa shape index (κ2) is 41.6. The molecule has 0 aliphatic carbocycles. The van der Waals surface area contributed by atoms with Gasteiger partial charge in [0.25, 0.3) is 0 Å². The lowest BCUT2D eigenvalue weighted by Crippen LogP contribution is -2.32. The number of pyridine rings is 1. The van der Waals surface area contributed by atoms with Crippen LogP contribution in [-0.2, 0) is 6.54 Å². The molecule has 0 saturated heterocycles. The molecule has 0 saturated carbocycles. The molecular weight excluding hydrogens is 761 g/mol. The number of nitrogens with zero attached hydrogens (tertiary/aromatic N) is 2. The number of benzene rings is 1. The molecular formula is C61H81N2+. The number of rotatable bonds is 34. The fraction of sp³-hybridized carbons (Fsp3) is 0.328. The van der Waals surface area contributed by atoms with Crippen LogP contribution in [0.15, 0.2) is 219 Å². The van der Waals surface area contributed by atoms with Crippen LogP contribution in [-0.4, -0.2) is 14.1 Å². The molecule has 63 heavy (non-hydrogen) atoms. The SMILES string of the molecule is CCCCCCCCCCCCCCCCCC[n+]1ccc(/C=C/C=C/C=C/C=C/C=C/C=C/C=C/C=C/C=C/C=C/C=C/C=C/C=C/C=C/C=C/c2ccc(N(C)C)cc2)cc1. The lowest BCUT2D eigenvalue weighted by atomic mass is 10.0. The van der Waals surface area contributed by atoms with Gasteiger partial charge in [-0.1, -0.05) is 291 Å². The third-order valence-electron chi connectivity index (χ3n) is 10.2. The monoisotopic (exact) mass is 842 g/mol. The quantitative estimate of drug-likeness (QED) is 0.0387. The van der Waals surface area contributed by atoms with Gasteiger partial charge >= 0.3 is 0 Å². The Morgan fingerprint density at radius 1 is 0.317 bits per heavy atom. The van der Waals surface area contributed by atoms with Gasteiger partial charge in [-0.05, 0) is 29.7 Å². The summed E-state index contributed by atoms with van der Waals surface area (Å²) in [6.07, 6.45) is 88.0. The van der Waals surface area contributed by atoms with Gasteiger partial charge in [0.2, 0.25) is 0 Å². The molecule has 2 nitrogen and oxygen atoms in total. The first-order valence-corrected chi connectivity index (χ1v) is 24.0. The van der Waals surface area contributed by atoms with E-state index in [0.29, 0.717) is 0 Å². The Bertz CT molecular complexity index is 1850. The lowest BCUT2D eigenvalue weighted by molar-refractivity contribution is -0.697. The molecule has 0 aliphatic heterocycles. The van der Waals surface area contributed by atoms with Crippen LogP contribution in [0.25, 0.3) is 12.2 Å². The predicted octanol–water partition coefficient (Wildman–Crippen LogP) is 17.3. The molecule has 0 unspecified atom stereocenters. The van der Waals surface area contributed by atoms with Crippen molar-refractivity contribution in [2.75, 3.05) is 19.0 Å². The van der Waals surface area contributed by atoms with Crippen molar-refractivity contribution in [2.24, 2.45) is 0 Å². The minimum Gasteiger partial charge on any atom is -0.378 e. The van der Waals surface area contributed by atoms with E-state index in [2.05, 4.69) is 116 Å². The molecule has 2 heteroatoms. The van der Waals surface area contributed by atoms with Gasteiger partial charge in [0.1, 0.15) is 6.54 Å². The van der Waals surface area contributed by atoms with Gasteiger partial charge < -0.3 is 4.90 Å². The zero-order valence-corrected chi connectivity index (χ0v) is 39.4. The Kier molecular flexibility index (Phi) is 35.3. The average Bonchev–Trinajstić information content (AvgIpc) is 3.30. The number of hydrogen-bond donors (Lipinski definition) is 0. The lowest BCUT2D eigenvalue weighted by Gasteiger charge is -2.11. The van der Waals surface area contributed by atoms with Crippen molar-refractivity contribution in [1.82, 2.24) is 0 Å². The molecule has 2 rings (SSSR count). The Labute approximate surface area is 386 Å². The summed E-state index contributed by atoms with van der Waals surface area (Å²) in [7, 11) is 4.10. The molecule has 0 N–H and O–H groups in total. The van der Waals surface area contributed by atoms with Crippen LogP contribution in [0.5, 0.6) is 0 Å². The number of anilines is 1. The molecule has 0 bridgehead atoms. The maximum absolute atomic E-state index is 2.32. The fourth-order valence-electron chi connectivity index (χ4n) is 6.46. The maximum atomic E-state index is 2.32. The summed E-state index contributed by atoms with van der Waals surface area (Å²) in [5, 5.41) is 0. The van der Waals surface area contributed by atoms with Crippen molar-refractivity contribution < 1.29 is 4.57 Å². The Morgan fingerprint density at radius 3 is 0.857 bits per heavy atom. The number of aryl methyl sites for hydroxylation is 1. The molecule has 334 valence electrons. The van der Waals surface area contributed by atoms with Crippen LogP contribution >= 0.6 is 0 Å². The number of aromatic nitrogens is 1. The normalized spacial score (nSPS) is 13.4. The van der Waals surface area contributed by atoms with E-state index in [1.54, 1.807) is 0 Å². The standard InChI is InChI=1S/C61H81N2/c1-4-5-6-7-8-9-10-11-12-29-32-35-38-41-44-47-56-63-57-54-60(55-58-63)49-46-43-40-37-34-31-28-26-24-22-20-18-16-14-13-15-17-19-21-23-25-27-30-33-36-39-42-45-48-59-50-52-61(53-51-59)62(2)3/h13-28,30-31,33-34,36-37,39-40,42-43,45-46,48-55,57-58H,4-12,29,32,35,38,41,44,47,56H2,1-3H3/q+1. The number of unbranched alkanes of at least 4 members (excludes halogenated alkanes) is 15. The molecule has 0 fully saturated rings. The summed E-state index contributed by atoms with van der Waals surface area (Å²) in [5.74, 6) is 0. The highest BCUT2D eigenvalue weighted by molar-refractivity contribution is 5.56. The van der Waals surface area contributed by atoms with E-state index in [-0.39, 0.29) is 0 Å². The zero-order chi connectivity index (χ0) is 44.8. The fourth-order valence-corrected chi connectivity index (χ4v) is 6.46. The maximum Gasteiger partial charge on any atom is 0.169 e. The average molecular weight is 842 g/mol. The second-order valence-corrected chi connectivity index (χ2v) is 15.9. The Hall–Kier alpha value is -5.73. The van der Waals surface area contributed by atoms with Crippen LogP contribution in [0.3, 0.4) is 0 Å². The number of allylic oxidation sites excluding steroid dienone is 28. The Morgan fingerprint density at radius 2 is 0.571 bits per heavy atom. The van der Waals surface area contributed by atoms with Gasteiger partial charge in [-0.2, -0.15) is 0 Å². The molecule has 2 aromatic rings. The first kappa shape index (κ1) is 53.4. The van der Waals surface area contributed by atoms with Crippen molar-refractivity contribution >= 4 is 17.8 Å². The highest BCUT2D eigenvalue weighted by Crippen LogP contribution is 2.15. The van der Waals surface area contributed by atoms with Crippen LogP contribution in [0, 0.1) is 0 Å². The first-order valence-electron chi connectivity index (χ1n) is 24.0. The minimum absolute atomic E-state index is 1.11. The molecule has 1 aromatic carbocycles. The minimum atomic E-state index is 1.11. The van der Waals surface area contributed by atoms with Gasteiger partial charge in [-0.15, -0.1) is 0 Å². The third-order valence-corrected chi connectivity index (χ3v) is 10.2.